The van der Waals surface area contributed by atoms with Crippen molar-refractivity contribution in [3.63, 3.8) is 0 Å². The van der Waals surface area contributed by atoms with Crippen LogP contribution in [0.3, 0.4) is 0 Å². The number of hydrogen-bond acceptors (Lipinski definition) is 2. The number of piperidine rings is 1. The van der Waals surface area contributed by atoms with E-state index in [0.717, 1.165) is 38.8 Å². The fourth-order valence-electron chi connectivity index (χ4n) is 3.34. The Balaban J connectivity index is 1.83. The molecular formula is C13H23F3N2. The third-order valence-electron chi connectivity index (χ3n) is 4.38. The van der Waals surface area contributed by atoms with Gasteiger partial charge in [0.1, 0.15) is 0 Å². The molecule has 18 heavy (non-hydrogen) atoms. The summed E-state index contributed by atoms with van der Waals surface area (Å²) in [5.74, 6) is 0.494. The smallest absolute Gasteiger partial charge is 0.317 e. The molecule has 5 heteroatoms. The molecule has 2 fully saturated rings. The van der Waals surface area contributed by atoms with Gasteiger partial charge in [-0.15, -0.1) is 0 Å². The molecule has 1 N–H and O–H groups in total. The average molecular weight is 264 g/mol. The second kappa shape index (κ2) is 5.37. The van der Waals surface area contributed by atoms with Gasteiger partial charge in [-0.2, -0.15) is 13.2 Å². The van der Waals surface area contributed by atoms with Crippen molar-refractivity contribution in [2.75, 3.05) is 32.7 Å². The predicted octanol–water partition coefficient (Wildman–Crippen LogP) is 2.65. The molecule has 1 heterocycles. The standard InChI is InChI=1S/C13H23F3N2/c1-2-7-18(10-13(14,15)16)9-11-8-12(11)3-5-17-6-4-12/h11,17H,2-10H2,1H3. The highest BCUT2D eigenvalue weighted by Gasteiger charge is 2.54. The Kier molecular flexibility index (Phi) is 4.22. The fourth-order valence-corrected chi connectivity index (χ4v) is 3.34. The van der Waals surface area contributed by atoms with Gasteiger partial charge in [0.05, 0.1) is 6.54 Å². The molecule has 1 saturated carbocycles. The van der Waals surface area contributed by atoms with Crippen molar-refractivity contribution in [2.45, 2.75) is 38.8 Å². The van der Waals surface area contributed by atoms with E-state index >= 15 is 0 Å². The minimum Gasteiger partial charge on any atom is -0.317 e. The minimum absolute atomic E-state index is 0.378. The van der Waals surface area contributed by atoms with E-state index in [-0.39, 0.29) is 0 Å². The van der Waals surface area contributed by atoms with Crippen molar-refractivity contribution in [1.82, 2.24) is 10.2 Å². The van der Waals surface area contributed by atoms with Crippen LogP contribution in [0.15, 0.2) is 0 Å². The van der Waals surface area contributed by atoms with Crippen LogP contribution in [0.5, 0.6) is 0 Å². The quantitative estimate of drug-likeness (QED) is 0.821. The zero-order chi connectivity index (χ0) is 13.2. The molecule has 1 unspecified atom stereocenters. The van der Waals surface area contributed by atoms with Crippen molar-refractivity contribution in [1.29, 1.82) is 0 Å². The van der Waals surface area contributed by atoms with Crippen LogP contribution < -0.4 is 5.32 Å². The number of halogens is 3. The van der Waals surface area contributed by atoms with Gasteiger partial charge >= 0.3 is 6.18 Å². The zero-order valence-electron chi connectivity index (χ0n) is 11.0. The first-order valence-electron chi connectivity index (χ1n) is 6.95. The lowest BCUT2D eigenvalue weighted by Gasteiger charge is -2.27. The third kappa shape index (κ3) is 3.60. The highest BCUT2D eigenvalue weighted by atomic mass is 19.4. The molecule has 0 aromatic heterocycles. The molecule has 0 aromatic rings. The van der Waals surface area contributed by atoms with E-state index in [0.29, 0.717) is 24.4 Å². The first kappa shape index (κ1) is 14.1. The normalized spacial score (nSPS) is 26.8. The van der Waals surface area contributed by atoms with Gasteiger partial charge in [-0.25, -0.2) is 0 Å². The molecule has 0 bridgehead atoms. The molecule has 0 amide bonds. The van der Waals surface area contributed by atoms with Gasteiger partial charge in [-0.1, -0.05) is 6.92 Å². The van der Waals surface area contributed by atoms with Gasteiger partial charge in [0.15, 0.2) is 0 Å². The summed E-state index contributed by atoms with van der Waals surface area (Å²) in [5, 5.41) is 3.32. The number of hydrogen-bond donors (Lipinski definition) is 1. The minimum atomic E-state index is -4.06. The van der Waals surface area contributed by atoms with Crippen LogP contribution in [0.4, 0.5) is 13.2 Å². The van der Waals surface area contributed by atoms with Gasteiger partial charge in [-0.3, -0.25) is 4.90 Å². The van der Waals surface area contributed by atoms with Crippen LogP contribution in [0.2, 0.25) is 0 Å². The van der Waals surface area contributed by atoms with Gasteiger partial charge in [0.25, 0.3) is 0 Å². The molecule has 1 aliphatic heterocycles. The summed E-state index contributed by atoms with van der Waals surface area (Å²) in [6.45, 7) is 4.45. The van der Waals surface area contributed by atoms with Gasteiger partial charge in [-0.05, 0) is 56.7 Å². The Morgan fingerprint density at radius 2 is 1.94 bits per heavy atom. The van der Waals surface area contributed by atoms with E-state index in [4.69, 9.17) is 0 Å². The summed E-state index contributed by atoms with van der Waals surface area (Å²) in [6.07, 6.45) is 0.142. The SMILES string of the molecule is CCCN(CC1CC12CCNCC2)CC(F)(F)F. The summed E-state index contributed by atoms with van der Waals surface area (Å²) in [4.78, 5) is 1.60. The van der Waals surface area contributed by atoms with Crippen LogP contribution in [-0.4, -0.2) is 43.8 Å². The van der Waals surface area contributed by atoms with Crippen LogP contribution in [0.25, 0.3) is 0 Å². The van der Waals surface area contributed by atoms with E-state index in [1.54, 1.807) is 4.90 Å². The maximum atomic E-state index is 12.5. The van der Waals surface area contributed by atoms with E-state index in [2.05, 4.69) is 5.32 Å². The van der Waals surface area contributed by atoms with Crippen LogP contribution >= 0.6 is 0 Å². The fraction of sp³-hybridized carbons (Fsp3) is 1.00. The highest BCUT2D eigenvalue weighted by molar-refractivity contribution is 5.05. The van der Waals surface area contributed by atoms with Crippen LogP contribution in [0, 0.1) is 11.3 Å². The Bertz CT molecular complexity index is 272. The van der Waals surface area contributed by atoms with Gasteiger partial charge in [0.2, 0.25) is 0 Å². The van der Waals surface area contributed by atoms with E-state index in [1.165, 1.54) is 0 Å². The molecule has 1 saturated heterocycles. The van der Waals surface area contributed by atoms with E-state index in [9.17, 15) is 13.2 Å². The average Bonchev–Trinajstić information content (AvgIpc) is 2.89. The summed E-state index contributed by atoms with van der Waals surface area (Å²) >= 11 is 0. The molecule has 2 rings (SSSR count). The molecular weight excluding hydrogens is 241 g/mol. The lowest BCUT2D eigenvalue weighted by atomic mass is 9.92. The topological polar surface area (TPSA) is 15.3 Å². The second-order valence-corrected chi connectivity index (χ2v) is 5.86. The number of nitrogens with zero attached hydrogens (tertiary/aromatic N) is 1. The number of rotatable bonds is 5. The van der Waals surface area contributed by atoms with E-state index in [1.807, 2.05) is 6.92 Å². The predicted molar refractivity (Wildman–Crippen MR) is 65.4 cm³/mol. The molecule has 1 aliphatic carbocycles. The van der Waals surface area contributed by atoms with Crippen molar-refractivity contribution in [2.24, 2.45) is 11.3 Å². The van der Waals surface area contributed by atoms with Crippen LogP contribution in [0.1, 0.15) is 32.6 Å². The van der Waals surface area contributed by atoms with Crippen molar-refractivity contribution in [3.8, 4) is 0 Å². The Hall–Kier alpha value is -0.290. The Morgan fingerprint density at radius 3 is 2.50 bits per heavy atom. The molecule has 1 atom stereocenters. The Labute approximate surface area is 107 Å². The van der Waals surface area contributed by atoms with Crippen molar-refractivity contribution < 1.29 is 13.2 Å². The monoisotopic (exact) mass is 264 g/mol. The first-order chi connectivity index (χ1) is 8.45. The molecule has 1 spiro atoms. The third-order valence-corrected chi connectivity index (χ3v) is 4.38. The summed E-state index contributed by atoms with van der Waals surface area (Å²) in [6, 6.07) is 0. The van der Waals surface area contributed by atoms with E-state index < -0.39 is 12.7 Å². The Morgan fingerprint density at radius 1 is 1.28 bits per heavy atom. The molecule has 2 aliphatic rings. The maximum absolute atomic E-state index is 12.5. The summed E-state index contributed by atoms with van der Waals surface area (Å²) < 4.78 is 37.4. The van der Waals surface area contributed by atoms with Gasteiger partial charge < -0.3 is 5.32 Å². The lowest BCUT2D eigenvalue weighted by molar-refractivity contribution is -0.146. The lowest BCUT2D eigenvalue weighted by Crippen LogP contribution is -2.38. The number of nitrogens with one attached hydrogen (secondary N) is 1. The highest BCUT2D eigenvalue weighted by Crippen LogP contribution is 2.58. The van der Waals surface area contributed by atoms with Crippen molar-refractivity contribution >= 4 is 0 Å². The maximum Gasteiger partial charge on any atom is 0.401 e. The zero-order valence-corrected chi connectivity index (χ0v) is 11.0. The summed E-state index contributed by atoms with van der Waals surface area (Å²) in [5.41, 5.74) is 0.378. The largest absolute Gasteiger partial charge is 0.401 e. The molecule has 2 nitrogen and oxygen atoms in total. The molecule has 0 aromatic carbocycles. The van der Waals surface area contributed by atoms with Gasteiger partial charge in [0, 0.05) is 6.54 Å². The summed E-state index contributed by atoms with van der Waals surface area (Å²) in [7, 11) is 0. The molecule has 0 radical (unpaired) electrons. The van der Waals surface area contributed by atoms with Crippen molar-refractivity contribution in [3.05, 3.63) is 0 Å². The first-order valence-corrected chi connectivity index (χ1v) is 6.95. The van der Waals surface area contributed by atoms with Crippen LogP contribution in [-0.2, 0) is 0 Å². The molecule has 106 valence electrons. The number of alkyl halides is 3. The second-order valence-electron chi connectivity index (χ2n) is 5.86.